The van der Waals surface area contributed by atoms with Gasteiger partial charge in [-0.3, -0.25) is 4.98 Å². The van der Waals surface area contributed by atoms with Gasteiger partial charge in [-0.2, -0.15) is 0 Å². The molecule has 0 amide bonds. The Hall–Kier alpha value is -3.00. The van der Waals surface area contributed by atoms with Gasteiger partial charge in [0.1, 0.15) is 27.1 Å². The van der Waals surface area contributed by atoms with Crippen molar-refractivity contribution in [3.63, 3.8) is 0 Å². The monoisotopic (exact) mass is 370 g/mol. The van der Waals surface area contributed by atoms with Gasteiger partial charge in [0.2, 0.25) is 0 Å². The first kappa shape index (κ1) is 17.8. The van der Waals surface area contributed by atoms with E-state index in [0.29, 0.717) is 28.8 Å². The summed E-state index contributed by atoms with van der Waals surface area (Å²) in [4.78, 5) is 26.5. The van der Waals surface area contributed by atoms with Crippen LogP contribution in [0.25, 0.3) is 10.7 Å². The van der Waals surface area contributed by atoms with E-state index in [1.165, 1.54) is 0 Å². The number of nitrogens with zero attached hydrogens (tertiary/aromatic N) is 4. The lowest BCUT2D eigenvalue weighted by molar-refractivity contribution is 0.0701. The summed E-state index contributed by atoms with van der Waals surface area (Å²) in [5.41, 5.74) is 2.12. The van der Waals surface area contributed by atoms with Crippen LogP contribution in [0.4, 0.5) is 5.82 Å². The zero-order valence-corrected chi connectivity index (χ0v) is 15.4. The van der Waals surface area contributed by atoms with Crippen molar-refractivity contribution in [2.75, 3.05) is 19.1 Å². The Morgan fingerprint density at radius 3 is 2.81 bits per heavy atom. The normalized spacial score (nSPS) is 10.6. The molecule has 1 N–H and O–H groups in total. The molecule has 0 spiro atoms. The van der Waals surface area contributed by atoms with Crippen LogP contribution in [0.3, 0.4) is 0 Å². The lowest BCUT2D eigenvalue weighted by atomic mass is 10.2. The first-order valence-corrected chi connectivity index (χ1v) is 8.66. The predicted octanol–water partition coefficient (Wildman–Crippen LogP) is 3.25. The van der Waals surface area contributed by atoms with Gasteiger partial charge in [-0.15, -0.1) is 11.3 Å². The number of aryl methyl sites for hydroxylation is 1. The molecule has 3 rings (SSSR count). The minimum absolute atomic E-state index is 0.219. The minimum atomic E-state index is -0.981. The molecular formula is C18H18N4O3S. The molecule has 7 nitrogen and oxygen atoms in total. The van der Waals surface area contributed by atoms with Crippen LogP contribution in [0.1, 0.15) is 20.9 Å². The van der Waals surface area contributed by atoms with E-state index in [9.17, 15) is 9.90 Å². The fraction of sp³-hybridized carbons (Fsp3) is 0.222. The molecule has 26 heavy (non-hydrogen) atoms. The summed E-state index contributed by atoms with van der Waals surface area (Å²) < 4.78 is 5.25. The number of methoxy groups -OCH3 is 1. The summed E-state index contributed by atoms with van der Waals surface area (Å²) in [6.45, 7) is 2.31. The number of aromatic carboxylic acids is 1. The Kier molecular flexibility index (Phi) is 5.13. The summed E-state index contributed by atoms with van der Waals surface area (Å²) in [5, 5.41) is 9.74. The van der Waals surface area contributed by atoms with Crippen molar-refractivity contribution in [2.45, 2.75) is 13.5 Å². The number of aromatic nitrogens is 3. The summed E-state index contributed by atoms with van der Waals surface area (Å²) in [6.07, 6.45) is 3.26. The number of benzene rings is 1. The molecule has 0 saturated heterocycles. The van der Waals surface area contributed by atoms with E-state index in [4.69, 9.17) is 4.74 Å². The Balaban J connectivity index is 1.84. The first-order valence-electron chi connectivity index (χ1n) is 7.85. The molecule has 0 aliphatic carbocycles. The Morgan fingerprint density at radius 1 is 1.31 bits per heavy atom. The van der Waals surface area contributed by atoms with Gasteiger partial charge >= 0.3 is 5.97 Å². The molecule has 2 heterocycles. The molecule has 8 heteroatoms. The maximum atomic E-state index is 11.2. The number of carbonyl (C=O) groups is 1. The van der Waals surface area contributed by atoms with Crippen molar-refractivity contribution < 1.29 is 14.6 Å². The smallest absolute Gasteiger partial charge is 0.347 e. The molecule has 0 fully saturated rings. The van der Waals surface area contributed by atoms with Gasteiger partial charge in [0.25, 0.3) is 0 Å². The zero-order valence-electron chi connectivity index (χ0n) is 14.6. The molecule has 134 valence electrons. The molecule has 0 unspecified atom stereocenters. The molecule has 0 aliphatic heterocycles. The van der Waals surface area contributed by atoms with Gasteiger partial charge in [0.05, 0.1) is 25.2 Å². The standard InChI is InChI=1S/C18H18N4O3S/c1-11-16(18(23)24)26-17(20-11)14-8-19-9-15(21-14)22(2)10-12-5-4-6-13(7-12)25-3/h4-9H,10H2,1-3H3,(H,23,24). The van der Waals surface area contributed by atoms with Crippen molar-refractivity contribution in [3.05, 3.63) is 52.8 Å². The second-order valence-electron chi connectivity index (χ2n) is 5.71. The Morgan fingerprint density at radius 2 is 2.12 bits per heavy atom. The van der Waals surface area contributed by atoms with Crippen molar-refractivity contribution >= 4 is 23.1 Å². The third-order valence-corrected chi connectivity index (χ3v) is 4.94. The highest BCUT2D eigenvalue weighted by Crippen LogP contribution is 2.27. The van der Waals surface area contributed by atoms with Crippen LogP contribution in [0.5, 0.6) is 5.75 Å². The average molecular weight is 370 g/mol. The number of hydrogen-bond acceptors (Lipinski definition) is 7. The minimum Gasteiger partial charge on any atom is -0.497 e. The van der Waals surface area contributed by atoms with E-state index < -0.39 is 5.97 Å². The molecule has 2 aromatic heterocycles. The molecule has 0 atom stereocenters. The van der Waals surface area contributed by atoms with Crippen LogP contribution < -0.4 is 9.64 Å². The molecule has 0 bridgehead atoms. The van der Waals surface area contributed by atoms with Crippen LogP contribution in [0, 0.1) is 6.92 Å². The highest BCUT2D eigenvalue weighted by atomic mass is 32.1. The summed E-state index contributed by atoms with van der Waals surface area (Å²) in [6, 6.07) is 7.82. The number of rotatable bonds is 6. The van der Waals surface area contributed by atoms with Gasteiger partial charge in [-0.1, -0.05) is 12.1 Å². The number of carboxylic acids is 1. The van der Waals surface area contributed by atoms with E-state index in [2.05, 4.69) is 15.0 Å². The van der Waals surface area contributed by atoms with E-state index in [1.54, 1.807) is 26.4 Å². The van der Waals surface area contributed by atoms with Gasteiger partial charge in [0.15, 0.2) is 0 Å². The summed E-state index contributed by atoms with van der Waals surface area (Å²) >= 11 is 1.10. The molecule has 3 aromatic rings. The van der Waals surface area contributed by atoms with E-state index in [1.807, 2.05) is 36.2 Å². The SMILES string of the molecule is COc1cccc(CN(C)c2cncc(-c3nc(C)c(C(=O)O)s3)n2)c1. The van der Waals surface area contributed by atoms with Crippen LogP contribution in [0.2, 0.25) is 0 Å². The van der Waals surface area contributed by atoms with E-state index >= 15 is 0 Å². The number of carboxylic acid groups (broad SMARTS) is 1. The van der Waals surface area contributed by atoms with Crippen LogP contribution >= 0.6 is 11.3 Å². The largest absolute Gasteiger partial charge is 0.497 e. The molecule has 0 radical (unpaired) electrons. The topological polar surface area (TPSA) is 88.4 Å². The third-order valence-electron chi connectivity index (χ3n) is 3.78. The quantitative estimate of drug-likeness (QED) is 0.712. The van der Waals surface area contributed by atoms with Crippen molar-refractivity contribution in [3.8, 4) is 16.5 Å². The number of anilines is 1. The molecular weight excluding hydrogens is 352 g/mol. The highest BCUT2D eigenvalue weighted by molar-refractivity contribution is 7.17. The maximum Gasteiger partial charge on any atom is 0.347 e. The van der Waals surface area contributed by atoms with Crippen LogP contribution in [0.15, 0.2) is 36.7 Å². The van der Waals surface area contributed by atoms with Crippen molar-refractivity contribution in [1.29, 1.82) is 0 Å². The first-order chi connectivity index (χ1) is 12.5. The number of thiazole rings is 1. The summed E-state index contributed by atoms with van der Waals surface area (Å²) in [5.74, 6) is 0.496. The van der Waals surface area contributed by atoms with Gasteiger partial charge in [-0.25, -0.2) is 14.8 Å². The zero-order chi connectivity index (χ0) is 18.7. The maximum absolute atomic E-state index is 11.2. The van der Waals surface area contributed by atoms with Crippen molar-refractivity contribution in [2.24, 2.45) is 0 Å². The second-order valence-corrected chi connectivity index (χ2v) is 6.71. The molecule has 1 aromatic carbocycles. The number of ether oxygens (including phenoxy) is 1. The average Bonchev–Trinajstić information content (AvgIpc) is 3.04. The van der Waals surface area contributed by atoms with Crippen LogP contribution in [-0.2, 0) is 6.54 Å². The Bertz CT molecular complexity index is 942. The van der Waals surface area contributed by atoms with Gasteiger partial charge in [0, 0.05) is 13.6 Å². The van der Waals surface area contributed by atoms with E-state index in [-0.39, 0.29) is 4.88 Å². The summed E-state index contributed by atoms with van der Waals surface area (Å²) in [7, 11) is 3.56. The van der Waals surface area contributed by atoms with Gasteiger partial charge < -0.3 is 14.7 Å². The fourth-order valence-electron chi connectivity index (χ4n) is 2.47. The highest BCUT2D eigenvalue weighted by Gasteiger charge is 2.17. The van der Waals surface area contributed by atoms with E-state index in [0.717, 1.165) is 22.6 Å². The predicted molar refractivity (Wildman–Crippen MR) is 99.9 cm³/mol. The second kappa shape index (κ2) is 7.49. The van der Waals surface area contributed by atoms with Crippen molar-refractivity contribution in [1.82, 2.24) is 15.0 Å². The lowest BCUT2D eigenvalue weighted by Gasteiger charge is -2.18. The molecule has 0 saturated carbocycles. The van der Waals surface area contributed by atoms with Gasteiger partial charge in [-0.05, 0) is 24.6 Å². The fourth-order valence-corrected chi connectivity index (χ4v) is 3.33. The molecule has 0 aliphatic rings. The third kappa shape index (κ3) is 3.80. The lowest BCUT2D eigenvalue weighted by Crippen LogP contribution is -2.18. The van der Waals surface area contributed by atoms with Crippen LogP contribution in [-0.4, -0.2) is 40.2 Å². The Labute approximate surface area is 154 Å². The number of hydrogen-bond donors (Lipinski definition) is 1.